The molecule has 18 heavy (non-hydrogen) atoms. The van der Waals surface area contributed by atoms with Crippen LogP contribution in [0.5, 0.6) is 0 Å². The van der Waals surface area contributed by atoms with Gasteiger partial charge in [-0.05, 0) is 16.0 Å². The molecule has 0 aliphatic carbocycles. The molecule has 1 heterocycles. The Morgan fingerprint density at radius 2 is 2.11 bits per heavy atom. The minimum atomic E-state index is -3.25. The Labute approximate surface area is 105 Å². The van der Waals surface area contributed by atoms with Gasteiger partial charge in [0, 0.05) is 26.7 Å². The van der Waals surface area contributed by atoms with E-state index in [0.29, 0.717) is 5.69 Å². The summed E-state index contributed by atoms with van der Waals surface area (Å²) in [5.41, 5.74) is 0.537. The van der Waals surface area contributed by atoms with Crippen molar-refractivity contribution in [1.29, 1.82) is 0 Å². The van der Waals surface area contributed by atoms with Crippen LogP contribution in [0.25, 0.3) is 0 Å². The van der Waals surface area contributed by atoms with Gasteiger partial charge in [0.05, 0.1) is 11.4 Å². The molecule has 8 nitrogen and oxygen atoms in total. The van der Waals surface area contributed by atoms with Gasteiger partial charge in [-0.25, -0.2) is 12.7 Å². The summed E-state index contributed by atoms with van der Waals surface area (Å²) in [5, 5.41) is 13.2. The smallest absolute Gasteiger partial charge is 0.363 e. The van der Waals surface area contributed by atoms with Gasteiger partial charge >= 0.3 is 5.82 Å². The number of anilines is 1. The zero-order valence-electron chi connectivity index (χ0n) is 10.0. The first-order valence-corrected chi connectivity index (χ1v) is 6.68. The third-order valence-electron chi connectivity index (χ3n) is 2.18. The maximum absolute atomic E-state index is 11.4. The normalized spacial score (nSPS) is 11.5. The third kappa shape index (κ3) is 3.93. The first-order valence-electron chi connectivity index (χ1n) is 5.07. The molecule has 1 aromatic rings. The van der Waals surface area contributed by atoms with Crippen LogP contribution in [0.15, 0.2) is 18.3 Å². The van der Waals surface area contributed by atoms with E-state index >= 15 is 0 Å². The highest BCUT2D eigenvalue weighted by molar-refractivity contribution is 7.89. The Kier molecular flexibility index (Phi) is 4.56. The number of nitrogens with zero attached hydrogens (tertiary/aromatic N) is 3. The van der Waals surface area contributed by atoms with Gasteiger partial charge in [-0.3, -0.25) is 0 Å². The number of sulfonamides is 1. The number of hydrogen-bond acceptors (Lipinski definition) is 6. The van der Waals surface area contributed by atoms with Crippen LogP contribution < -0.4 is 5.32 Å². The summed E-state index contributed by atoms with van der Waals surface area (Å²) in [6.07, 6.45) is 1.29. The maximum atomic E-state index is 11.4. The van der Waals surface area contributed by atoms with Crippen LogP contribution in [0.3, 0.4) is 0 Å². The summed E-state index contributed by atoms with van der Waals surface area (Å²) in [5.74, 6) is -0.307. The lowest BCUT2D eigenvalue weighted by atomic mass is 10.4. The van der Waals surface area contributed by atoms with E-state index in [-0.39, 0.29) is 18.1 Å². The quantitative estimate of drug-likeness (QED) is 0.590. The summed E-state index contributed by atoms with van der Waals surface area (Å²) in [7, 11) is -0.326. The van der Waals surface area contributed by atoms with E-state index in [9.17, 15) is 18.5 Å². The predicted molar refractivity (Wildman–Crippen MR) is 66.9 cm³/mol. The third-order valence-corrected chi connectivity index (χ3v) is 4.01. The lowest BCUT2D eigenvalue weighted by Crippen LogP contribution is -2.28. The number of pyridine rings is 1. The average molecular weight is 274 g/mol. The number of aromatic nitrogens is 1. The molecule has 0 fully saturated rings. The van der Waals surface area contributed by atoms with Gasteiger partial charge in [0.2, 0.25) is 10.0 Å². The van der Waals surface area contributed by atoms with E-state index in [1.165, 1.54) is 32.4 Å². The number of hydrogen-bond donors (Lipinski definition) is 1. The molecular weight excluding hydrogens is 260 g/mol. The Morgan fingerprint density at radius 3 is 2.56 bits per heavy atom. The Morgan fingerprint density at radius 1 is 1.44 bits per heavy atom. The number of rotatable bonds is 6. The minimum Gasteiger partial charge on any atom is -0.381 e. The van der Waals surface area contributed by atoms with Crippen LogP contribution in [0.4, 0.5) is 11.5 Å². The molecule has 0 bridgehead atoms. The largest absolute Gasteiger partial charge is 0.381 e. The molecule has 0 radical (unpaired) electrons. The first kappa shape index (κ1) is 14.3. The van der Waals surface area contributed by atoms with Crippen molar-refractivity contribution in [2.45, 2.75) is 0 Å². The lowest BCUT2D eigenvalue weighted by molar-refractivity contribution is -0.389. The minimum absolute atomic E-state index is 0.0585. The van der Waals surface area contributed by atoms with Gasteiger partial charge < -0.3 is 15.4 Å². The Balaban J connectivity index is 2.52. The van der Waals surface area contributed by atoms with Crippen molar-refractivity contribution in [2.75, 3.05) is 31.7 Å². The lowest BCUT2D eigenvalue weighted by Gasteiger charge is -2.11. The summed E-state index contributed by atoms with van der Waals surface area (Å²) in [6.45, 7) is 0.208. The van der Waals surface area contributed by atoms with Gasteiger partial charge in [0.15, 0.2) is 6.20 Å². The summed E-state index contributed by atoms with van der Waals surface area (Å²) in [6, 6.07) is 2.73. The van der Waals surface area contributed by atoms with E-state index in [2.05, 4.69) is 10.3 Å². The monoisotopic (exact) mass is 274 g/mol. The van der Waals surface area contributed by atoms with Crippen LogP contribution in [0, 0.1) is 10.1 Å². The van der Waals surface area contributed by atoms with Crippen LogP contribution in [-0.2, 0) is 10.0 Å². The first-order chi connectivity index (χ1) is 8.33. The fourth-order valence-electron chi connectivity index (χ4n) is 1.11. The molecule has 9 heteroatoms. The van der Waals surface area contributed by atoms with Crippen molar-refractivity contribution in [3.8, 4) is 0 Å². The number of nitro groups is 1. The fraction of sp³-hybridized carbons (Fsp3) is 0.444. The molecule has 0 saturated heterocycles. The molecule has 0 unspecified atom stereocenters. The SMILES string of the molecule is CN(C)S(=O)(=O)CCNc1ccc([N+](=O)[O-])nc1. The summed E-state index contributed by atoms with van der Waals surface area (Å²) in [4.78, 5) is 13.4. The average Bonchev–Trinajstić information content (AvgIpc) is 2.29. The van der Waals surface area contributed by atoms with Gasteiger partial charge in [0.1, 0.15) is 0 Å². The van der Waals surface area contributed by atoms with Gasteiger partial charge in [-0.15, -0.1) is 0 Å². The standard InChI is InChI=1S/C9H14N4O4S/c1-12(2)18(16,17)6-5-10-8-3-4-9(11-7-8)13(14)15/h3-4,7,10H,5-6H2,1-2H3. The van der Waals surface area contributed by atoms with Gasteiger partial charge in [-0.2, -0.15) is 0 Å². The maximum Gasteiger partial charge on any atom is 0.363 e. The predicted octanol–water partition coefficient (Wildman–Crippen LogP) is 0.293. The Bertz CT molecular complexity index is 512. The van der Waals surface area contributed by atoms with E-state index < -0.39 is 14.9 Å². The highest BCUT2D eigenvalue weighted by atomic mass is 32.2. The van der Waals surface area contributed by atoms with Crippen LogP contribution in [0.2, 0.25) is 0 Å². The molecule has 0 saturated carbocycles. The molecule has 0 aliphatic heterocycles. The molecule has 1 N–H and O–H groups in total. The van der Waals surface area contributed by atoms with E-state index in [0.717, 1.165) is 4.31 Å². The van der Waals surface area contributed by atoms with Crippen molar-refractivity contribution in [3.63, 3.8) is 0 Å². The molecule has 1 rings (SSSR count). The van der Waals surface area contributed by atoms with Crippen molar-refractivity contribution in [3.05, 3.63) is 28.4 Å². The van der Waals surface area contributed by atoms with Crippen molar-refractivity contribution < 1.29 is 13.3 Å². The Hall–Kier alpha value is -1.74. The van der Waals surface area contributed by atoms with Crippen LogP contribution >= 0.6 is 0 Å². The topological polar surface area (TPSA) is 105 Å². The van der Waals surface area contributed by atoms with E-state index in [1.807, 2.05) is 0 Å². The molecule has 1 aromatic heterocycles. The second kappa shape index (κ2) is 5.74. The highest BCUT2D eigenvalue weighted by Gasteiger charge is 2.13. The molecule has 100 valence electrons. The fourth-order valence-corrected chi connectivity index (χ4v) is 1.83. The second-order valence-electron chi connectivity index (χ2n) is 3.69. The number of nitrogens with one attached hydrogen (secondary N) is 1. The van der Waals surface area contributed by atoms with Crippen LogP contribution in [-0.4, -0.2) is 49.0 Å². The van der Waals surface area contributed by atoms with E-state index in [1.54, 1.807) is 0 Å². The van der Waals surface area contributed by atoms with Crippen molar-refractivity contribution in [1.82, 2.24) is 9.29 Å². The molecule has 0 spiro atoms. The zero-order valence-corrected chi connectivity index (χ0v) is 10.8. The molecule has 0 aliphatic rings. The molecule has 0 atom stereocenters. The highest BCUT2D eigenvalue weighted by Crippen LogP contribution is 2.11. The second-order valence-corrected chi connectivity index (χ2v) is 5.99. The van der Waals surface area contributed by atoms with Crippen molar-refractivity contribution in [2.24, 2.45) is 0 Å². The van der Waals surface area contributed by atoms with Crippen LogP contribution in [0.1, 0.15) is 0 Å². The van der Waals surface area contributed by atoms with Crippen molar-refractivity contribution >= 4 is 21.5 Å². The van der Waals surface area contributed by atoms with Gasteiger partial charge in [0.25, 0.3) is 0 Å². The molecule has 0 aromatic carbocycles. The summed E-state index contributed by atoms with van der Waals surface area (Å²) < 4.78 is 24.0. The van der Waals surface area contributed by atoms with Gasteiger partial charge in [-0.1, -0.05) is 0 Å². The zero-order chi connectivity index (χ0) is 13.8. The van der Waals surface area contributed by atoms with E-state index in [4.69, 9.17) is 0 Å². The summed E-state index contributed by atoms with van der Waals surface area (Å²) >= 11 is 0. The molecular formula is C9H14N4O4S. The molecule has 0 amide bonds.